The van der Waals surface area contributed by atoms with Gasteiger partial charge in [-0.3, -0.25) is 4.79 Å². The Balaban J connectivity index is 2.12. The van der Waals surface area contributed by atoms with E-state index in [-0.39, 0.29) is 5.91 Å². The molecule has 0 saturated carbocycles. The highest BCUT2D eigenvalue weighted by atomic mass is 32.1. The lowest BCUT2D eigenvalue weighted by molar-refractivity contribution is 0.0735. The predicted molar refractivity (Wildman–Crippen MR) is 67.9 cm³/mol. The van der Waals surface area contributed by atoms with Crippen LogP contribution in [0.15, 0.2) is 24.3 Å². The fourth-order valence-electron chi connectivity index (χ4n) is 1.85. The van der Waals surface area contributed by atoms with Gasteiger partial charge in [0, 0.05) is 37.5 Å². The molecule has 0 unspecified atom stereocenters. The molecule has 0 radical (unpaired) electrons. The van der Waals surface area contributed by atoms with E-state index in [4.69, 9.17) is 0 Å². The molecule has 1 aliphatic heterocycles. The van der Waals surface area contributed by atoms with Gasteiger partial charge >= 0.3 is 0 Å². The first kappa shape index (κ1) is 11.5. The molecular formula is C12H16N2OS. The van der Waals surface area contributed by atoms with Gasteiger partial charge in [0.25, 0.3) is 5.91 Å². The van der Waals surface area contributed by atoms with Gasteiger partial charge in [0.15, 0.2) is 0 Å². The van der Waals surface area contributed by atoms with Crippen LogP contribution in [-0.2, 0) is 5.75 Å². The summed E-state index contributed by atoms with van der Waals surface area (Å²) >= 11 is 4.22. The highest BCUT2D eigenvalue weighted by Crippen LogP contribution is 2.10. The van der Waals surface area contributed by atoms with Gasteiger partial charge in [0.1, 0.15) is 0 Å². The maximum absolute atomic E-state index is 12.1. The minimum atomic E-state index is 0.130. The molecule has 16 heavy (non-hydrogen) atoms. The molecule has 1 heterocycles. The Hall–Kier alpha value is -1.00. The summed E-state index contributed by atoms with van der Waals surface area (Å²) < 4.78 is 0. The van der Waals surface area contributed by atoms with Crippen molar-refractivity contribution in [1.29, 1.82) is 0 Å². The third kappa shape index (κ3) is 2.57. The fraction of sp³-hybridized carbons (Fsp3) is 0.417. The number of nitrogens with one attached hydrogen (secondary N) is 1. The second-order valence-corrected chi connectivity index (χ2v) is 4.22. The molecule has 86 valence electrons. The van der Waals surface area contributed by atoms with Crippen LogP contribution >= 0.6 is 12.6 Å². The van der Waals surface area contributed by atoms with Crippen LogP contribution in [0.3, 0.4) is 0 Å². The second-order valence-electron chi connectivity index (χ2n) is 3.90. The van der Waals surface area contributed by atoms with Crippen molar-refractivity contribution in [3.8, 4) is 0 Å². The van der Waals surface area contributed by atoms with E-state index < -0.39 is 0 Å². The second kappa shape index (κ2) is 5.37. The molecule has 1 aromatic rings. The number of hydrogen-bond acceptors (Lipinski definition) is 3. The number of nitrogens with zero attached hydrogens (tertiary/aromatic N) is 1. The van der Waals surface area contributed by atoms with Gasteiger partial charge in [-0.25, -0.2) is 0 Å². The number of benzene rings is 1. The van der Waals surface area contributed by atoms with Crippen molar-refractivity contribution in [3.05, 3.63) is 35.4 Å². The molecule has 2 rings (SSSR count). The Morgan fingerprint density at radius 1 is 1.38 bits per heavy atom. The summed E-state index contributed by atoms with van der Waals surface area (Å²) in [6.45, 7) is 3.36. The fourth-order valence-corrected chi connectivity index (χ4v) is 2.05. The Bertz CT molecular complexity index is 375. The normalized spacial score (nSPS) is 16.2. The first-order chi connectivity index (χ1) is 7.81. The highest BCUT2D eigenvalue weighted by molar-refractivity contribution is 7.79. The molecule has 0 spiro atoms. The zero-order valence-electron chi connectivity index (χ0n) is 9.15. The van der Waals surface area contributed by atoms with Crippen LogP contribution in [0.5, 0.6) is 0 Å². The third-order valence-corrected chi connectivity index (χ3v) is 3.13. The minimum Gasteiger partial charge on any atom is -0.336 e. The van der Waals surface area contributed by atoms with E-state index in [9.17, 15) is 4.79 Å². The van der Waals surface area contributed by atoms with Crippen molar-refractivity contribution < 1.29 is 4.79 Å². The van der Waals surface area contributed by atoms with E-state index >= 15 is 0 Å². The lowest BCUT2D eigenvalue weighted by Crippen LogP contribution is -2.46. The van der Waals surface area contributed by atoms with Crippen LogP contribution in [-0.4, -0.2) is 37.0 Å². The summed E-state index contributed by atoms with van der Waals surface area (Å²) in [5, 5.41) is 3.24. The Kier molecular flexibility index (Phi) is 3.85. The number of piperazine rings is 1. The number of hydrogen-bond donors (Lipinski definition) is 2. The van der Waals surface area contributed by atoms with Gasteiger partial charge < -0.3 is 10.2 Å². The molecule has 1 amide bonds. The summed E-state index contributed by atoms with van der Waals surface area (Å²) in [7, 11) is 0. The average molecular weight is 236 g/mol. The van der Waals surface area contributed by atoms with Crippen molar-refractivity contribution in [2.75, 3.05) is 26.2 Å². The van der Waals surface area contributed by atoms with Gasteiger partial charge in [-0.15, -0.1) is 0 Å². The standard InChI is InChI=1S/C12H16N2OS/c15-12(14-6-4-13-5-7-14)11-3-1-2-10(8-11)9-16/h1-3,8,13,16H,4-7,9H2. The zero-order valence-corrected chi connectivity index (χ0v) is 10.0. The summed E-state index contributed by atoms with van der Waals surface area (Å²) in [6, 6.07) is 7.71. The van der Waals surface area contributed by atoms with E-state index in [0.717, 1.165) is 37.3 Å². The lowest BCUT2D eigenvalue weighted by atomic mass is 10.1. The van der Waals surface area contributed by atoms with Crippen molar-refractivity contribution >= 4 is 18.5 Å². The van der Waals surface area contributed by atoms with Crippen LogP contribution < -0.4 is 5.32 Å². The highest BCUT2D eigenvalue weighted by Gasteiger charge is 2.17. The third-order valence-electron chi connectivity index (χ3n) is 2.76. The molecule has 1 aromatic carbocycles. The van der Waals surface area contributed by atoms with E-state index in [1.54, 1.807) is 0 Å². The summed E-state index contributed by atoms with van der Waals surface area (Å²) in [6.07, 6.45) is 0. The van der Waals surface area contributed by atoms with E-state index in [1.807, 2.05) is 29.2 Å². The molecular weight excluding hydrogens is 220 g/mol. The van der Waals surface area contributed by atoms with E-state index in [2.05, 4.69) is 17.9 Å². The smallest absolute Gasteiger partial charge is 0.253 e. The topological polar surface area (TPSA) is 32.3 Å². The van der Waals surface area contributed by atoms with Crippen molar-refractivity contribution in [2.24, 2.45) is 0 Å². The SMILES string of the molecule is O=C(c1cccc(CS)c1)N1CCNCC1. The molecule has 1 N–H and O–H groups in total. The Morgan fingerprint density at radius 3 is 2.81 bits per heavy atom. The maximum Gasteiger partial charge on any atom is 0.253 e. The van der Waals surface area contributed by atoms with Crippen LogP contribution in [0.4, 0.5) is 0 Å². The van der Waals surface area contributed by atoms with Gasteiger partial charge in [-0.05, 0) is 17.7 Å². The molecule has 1 saturated heterocycles. The molecule has 3 nitrogen and oxygen atoms in total. The number of carbonyl (C=O) groups excluding carboxylic acids is 1. The van der Waals surface area contributed by atoms with E-state index in [1.165, 1.54) is 0 Å². The number of carbonyl (C=O) groups is 1. The van der Waals surface area contributed by atoms with Crippen molar-refractivity contribution in [3.63, 3.8) is 0 Å². The summed E-state index contributed by atoms with van der Waals surface area (Å²) in [5.74, 6) is 0.799. The molecule has 1 aliphatic rings. The summed E-state index contributed by atoms with van der Waals surface area (Å²) in [5.41, 5.74) is 1.86. The van der Waals surface area contributed by atoms with Crippen LogP contribution in [0, 0.1) is 0 Å². The number of thiol groups is 1. The van der Waals surface area contributed by atoms with Gasteiger partial charge in [-0.1, -0.05) is 12.1 Å². The first-order valence-corrected chi connectivity index (χ1v) is 6.14. The van der Waals surface area contributed by atoms with Crippen LogP contribution in [0.2, 0.25) is 0 Å². The Morgan fingerprint density at radius 2 is 2.12 bits per heavy atom. The molecule has 0 aliphatic carbocycles. The molecule has 4 heteroatoms. The van der Waals surface area contributed by atoms with Gasteiger partial charge in [0.05, 0.1) is 0 Å². The quantitative estimate of drug-likeness (QED) is 0.755. The average Bonchev–Trinajstić information content (AvgIpc) is 2.39. The zero-order chi connectivity index (χ0) is 11.4. The maximum atomic E-state index is 12.1. The van der Waals surface area contributed by atoms with Crippen LogP contribution in [0.25, 0.3) is 0 Å². The number of amides is 1. The van der Waals surface area contributed by atoms with E-state index in [0.29, 0.717) is 5.75 Å². The van der Waals surface area contributed by atoms with Crippen molar-refractivity contribution in [1.82, 2.24) is 10.2 Å². The Labute approximate surface area is 101 Å². The monoisotopic (exact) mass is 236 g/mol. The van der Waals surface area contributed by atoms with Crippen LogP contribution in [0.1, 0.15) is 15.9 Å². The largest absolute Gasteiger partial charge is 0.336 e. The predicted octanol–water partition coefficient (Wildman–Crippen LogP) is 1.16. The molecule has 1 fully saturated rings. The minimum absolute atomic E-state index is 0.130. The molecule has 0 atom stereocenters. The summed E-state index contributed by atoms with van der Waals surface area (Å²) in [4.78, 5) is 14.0. The molecule has 0 bridgehead atoms. The van der Waals surface area contributed by atoms with Crippen molar-refractivity contribution in [2.45, 2.75) is 5.75 Å². The molecule has 0 aromatic heterocycles. The van der Waals surface area contributed by atoms with Gasteiger partial charge in [-0.2, -0.15) is 12.6 Å². The number of rotatable bonds is 2. The first-order valence-electron chi connectivity index (χ1n) is 5.51. The van der Waals surface area contributed by atoms with Gasteiger partial charge in [0.2, 0.25) is 0 Å². The lowest BCUT2D eigenvalue weighted by Gasteiger charge is -2.27.